The summed E-state index contributed by atoms with van der Waals surface area (Å²) in [6, 6.07) is 10.8. The molecule has 0 unspecified atom stereocenters. The third-order valence-corrected chi connectivity index (χ3v) is 6.71. The maximum Gasteiger partial charge on any atom is 0.256 e. The topological polar surface area (TPSA) is 99.9 Å². The molecule has 4 N–H and O–H groups in total. The molecule has 8 nitrogen and oxygen atoms in total. The lowest BCUT2D eigenvalue weighted by molar-refractivity contribution is 0.0818. The molecule has 0 spiro atoms. The minimum atomic E-state index is -0.259. The highest BCUT2D eigenvalue weighted by atomic mass is 35.5. The van der Waals surface area contributed by atoms with E-state index in [4.69, 9.17) is 22.1 Å². The first-order valence-corrected chi connectivity index (χ1v) is 12.3. The zero-order valence-electron chi connectivity index (χ0n) is 20.9. The number of methoxy groups -OCH3 is 1. The lowest BCUT2D eigenvalue weighted by Gasteiger charge is -2.37. The van der Waals surface area contributed by atoms with Gasteiger partial charge in [-0.15, -0.1) is 0 Å². The van der Waals surface area contributed by atoms with Crippen molar-refractivity contribution in [2.45, 2.75) is 26.8 Å². The first kappa shape index (κ1) is 26.8. The van der Waals surface area contributed by atoms with Crippen LogP contribution in [-0.2, 0) is 0 Å². The summed E-state index contributed by atoms with van der Waals surface area (Å²) in [5.41, 5.74) is 8.34. The minimum absolute atomic E-state index is 0.0387. The number of hydrogen-bond acceptors (Lipinski definition) is 6. The van der Waals surface area contributed by atoms with E-state index in [9.17, 15) is 9.59 Å². The molecule has 1 saturated heterocycles. The minimum Gasteiger partial charge on any atom is -0.496 e. The molecule has 1 atom stereocenters. The summed E-state index contributed by atoms with van der Waals surface area (Å²) >= 11 is 6.09. The zero-order valence-corrected chi connectivity index (χ0v) is 21.7. The third kappa shape index (κ3) is 7.34. The number of carbonyl (C=O) groups is 2. The fourth-order valence-electron chi connectivity index (χ4n) is 3.98. The zero-order chi connectivity index (χ0) is 25.5. The smallest absolute Gasteiger partial charge is 0.256 e. The molecule has 1 fully saturated rings. The number of nitrogens with two attached hydrogens (primary N) is 1. The van der Waals surface area contributed by atoms with Gasteiger partial charge in [-0.2, -0.15) is 0 Å². The Bertz CT molecular complexity index is 1020. The van der Waals surface area contributed by atoms with Crippen LogP contribution in [0.1, 0.15) is 40.1 Å². The first-order chi connectivity index (χ1) is 16.7. The average Bonchev–Trinajstić information content (AvgIpc) is 2.84. The van der Waals surface area contributed by atoms with Crippen LogP contribution in [0.15, 0.2) is 36.4 Å². The molecule has 0 aliphatic carbocycles. The molecular formula is C26H36ClN5O3. The number of rotatable bonds is 9. The van der Waals surface area contributed by atoms with Crippen molar-refractivity contribution in [3.63, 3.8) is 0 Å². The van der Waals surface area contributed by atoms with Gasteiger partial charge in [-0.05, 0) is 31.0 Å². The molecule has 2 aromatic rings. The van der Waals surface area contributed by atoms with Gasteiger partial charge in [-0.3, -0.25) is 19.4 Å². The van der Waals surface area contributed by atoms with Crippen LogP contribution in [0.3, 0.4) is 0 Å². The number of anilines is 1. The highest BCUT2D eigenvalue weighted by Crippen LogP contribution is 2.28. The van der Waals surface area contributed by atoms with Crippen molar-refractivity contribution in [2.24, 2.45) is 5.92 Å². The van der Waals surface area contributed by atoms with Crippen molar-refractivity contribution in [2.75, 3.05) is 52.2 Å². The Labute approximate surface area is 212 Å². The fourth-order valence-corrected chi connectivity index (χ4v) is 4.15. The van der Waals surface area contributed by atoms with E-state index in [2.05, 4.69) is 34.3 Å². The van der Waals surface area contributed by atoms with Crippen LogP contribution in [0, 0.1) is 12.8 Å². The number of amides is 2. The van der Waals surface area contributed by atoms with E-state index in [1.54, 1.807) is 6.07 Å². The van der Waals surface area contributed by atoms with Gasteiger partial charge in [-0.25, -0.2) is 0 Å². The third-order valence-electron chi connectivity index (χ3n) is 6.38. The highest BCUT2D eigenvalue weighted by molar-refractivity contribution is 6.33. The fraction of sp³-hybridized carbons (Fsp3) is 0.462. The second kappa shape index (κ2) is 12.2. The summed E-state index contributed by atoms with van der Waals surface area (Å²) in [6.45, 7) is 10.8. The second-order valence-electron chi connectivity index (χ2n) is 9.35. The second-order valence-corrected chi connectivity index (χ2v) is 9.75. The largest absolute Gasteiger partial charge is 0.496 e. The molecule has 1 heterocycles. The number of nitrogen functional groups attached to an aromatic ring is 1. The number of piperazine rings is 1. The molecular weight excluding hydrogens is 466 g/mol. The first-order valence-electron chi connectivity index (χ1n) is 11.9. The van der Waals surface area contributed by atoms with Crippen molar-refractivity contribution >= 4 is 29.1 Å². The summed E-state index contributed by atoms with van der Waals surface area (Å²) in [6.07, 6.45) is 0. The Morgan fingerprint density at radius 2 is 1.69 bits per heavy atom. The van der Waals surface area contributed by atoms with Crippen LogP contribution in [0.25, 0.3) is 0 Å². The van der Waals surface area contributed by atoms with Crippen molar-refractivity contribution in [3.05, 3.63) is 58.1 Å². The molecule has 0 aromatic heterocycles. The van der Waals surface area contributed by atoms with E-state index in [-0.39, 0.29) is 17.9 Å². The Hall–Kier alpha value is -2.81. The van der Waals surface area contributed by atoms with Gasteiger partial charge in [-0.1, -0.05) is 43.1 Å². The van der Waals surface area contributed by atoms with Crippen molar-refractivity contribution in [3.8, 4) is 5.75 Å². The van der Waals surface area contributed by atoms with Crippen LogP contribution in [0.5, 0.6) is 5.75 Å². The Balaban J connectivity index is 1.48. The van der Waals surface area contributed by atoms with E-state index >= 15 is 0 Å². The van der Waals surface area contributed by atoms with Crippen LogP contribution in [-0.4, -0.2) is 74.2 Å². The molecule has 0 bridgehead atoms. The van der Waals surface area contributed by atoms with Gasteiger partial charge >= 0.3 is 0 Å². The summed E-state index contributed by atoms with van der Waals surface area (Å²) in [5, 5.41) is 6.47. The normalized spacial score (nSPS) is 15.6. The van der Waals surface area contributed by atoms with Crippen molar-refractivity contribution < 1.29 is 14.3 Å². The monoisotopic (exact) mass is 501 g/mol. The van der Waals surface area contributed by atoms with E-state index in [0.29, 0.717) is 40.2 Å². The lowest BCUT2D eigenvalue weighted by atomic mass is 10.0. The highest BCUT2D eigenvalue weighted by Gasteiger charge is 2.24. The van der Waals surface area contributed by atoms with E-state index in [1.165, 1.54) is 13.2 Å². The van der Waals surface area contributed by atoms with Crippen LogP contribution >= 0.6 is 11.6 Å². The van der Waals surface area contributed by atoms with Crippen LogP contribution < -0.4 is 21.1 Å². The quantitative estimate of drug-likeness (QED) is 0.457. The number of nitrogens with zero attached hydrogens (tertiary/aromatic N) is 2. The van der Waals surface area contributed by atoms with E-state index in [1.807, 2.05) is 31.2 Å². The molecule has 1 aliphatic heterocycles. The average molecular weight is 502 g/mol. The number of aryl methyl sites for hydroxylation is 1. The number of halogens is 1. The van der Waals surface area contributed by atoms with E-state index in [0.717, 1.165) is 38.3 Å². The summed E-state index contributed by atoms with van der Waals surface area (Å²) in [4.78, 5) is 30.0. The summed E-state index contributed by atoms with van der Waals surface area (Å²) < 4.78 is 5.28. The van der Waals surface area contributed by atoms with Crippen molar-refractivity contribution in [1.29, 1.82) is 0 Å². The van der Waals surface area contributed by atoms with E-state index < -0.39 is 0 Å². The van der Waals surface area contributed by atoms with Gasteiger partial charge < -0.3 is 21.1 Å². The van der Waals surface area contributed by atoms with Gasteiger partial charge in [0.05, 0.1) is 30.1 Å². The molecule has 0 saturated carbocycles. The molecule has 9 heteroatoms. The molecule has 190 valence electrons. The number of ether oxygens (including phenoxy) is 1. The van der Waals surface area contributed by atoms with Gasteiger partial charge in [0.25, 0.3) is 11.8 Å². The van der Waals surface area contributed by atoms with Gasteiger partial charge in [0.15, 0.2) is 0 Å². The molecule has 35 heavy (non-hydrogen) atoms. The van der Waals surface area contributed by atoms with Gasteiger partial charge in [0, 0.05) is 50.4 Å². The maximum atomic E-state index is 12.7. The number of carbonyl (C=O) groups excluding carboxylic acids is 2. The summed E-state index contributed by atoms with van der Waals surface area (Å²) in [5.74, 6) is 0.401. The SMILES string of the molecule is COc1cc(N)c(Cl)cc1C(=O)NCN1CCN(C[C@H](NC(=O)c2ccc(C)cc2)C(C)C)CC1. The summed E-state index contributed by atoms with van der Waals surface area (Å²) in [7, 11) is 1.49. The molecule has 3 rings (SSSR count). The molecule has 0 radical (unpaired) electrons. The Kier molecular flexibility index (Phi) is 9.37. The predicted octanol–water partition coefficient (Wildman–Crippen LogP) is 3.00. The molecule has 1 aliphatic rings. The Morgan fingerprint density at radius 3 is 2.29 bits per heavy atom. The van der Waals surface area contributed by atoms with Crippen LogP contribution in [0.2, 0.25) is 5.02 Å². The molecule has 2 amide bonds. The number of nitrogens with one attached hydrogen (secondary N) is 2. The predicted molar refractivity (Wildman–Crippen MR) is 140 cm³/mol. The Morgan fingerprint density at radius 1 is 1.06 bits per heavy atom. The number of hydrogen-bond donors (Lipinski definition) is 3. The van der Waals surface area contributed by atoms with Gasteiger partial charge in [0.2, 0.25) is 0 Å². The maximum absolute atomic E-state index is 12.7. The van der Waals surface area contributed by atoms with Crippen molar-refractivity contribution in [1.82, 2.24) is 20.4 Å². The number of benzene rings is 2. The lowest BCUT2D eigenvalue weighted by Crippen LogP contribution is -2.54. The molecule has 2 aromatic carbocycles. The standard InChI is InChI=1S/C26H36ClN5O3/c1-17(2)23(30-25(33)19-7-5-18(3)6-8-19)15-31-9-11-32(12-10-31)16-29-26(34)20-13-21(27)22(28)14-24(20)35-4/h5-8,13-14,17,23H,9-12,15-16,28H2,1-4H3,(H,29,34)(H,30,33)/t23-/m0/s1. The van der Waals surface area contributed by atoms with Gasteiger partial charge in [0.1, 0.15) is 5.75 Å². The van der Waals surface area contributed by atoms with Crippen LogP contribution in [0.4, 0.5) is 5.69 Å².